The van der Waals surface area contributed by atoms with E-state index in [1.54, 1.807) is 31.3 Å². The van der Waals surface area contributed by atoms with Crippen LogP contribution < -0.4 is 21.9 Å². The summed E-state index contributed by atoms with van der Waals surface area (Å²) in [5.74, 6) is -2.47. The number of nitroso groups, excluding NO2 is 1. The standard InChI is InChI=1S/C19H17F2N5O2.CH3NO/c1-23-16(15(22)9-4-3-5-10(6-9)18(27)24-2)17-19(28)26-14-8-12(21)11(20)7-13(14)25-17;1-2-3/h3-8,23H,22H2,1-2H3,(H,24,27)(H,26,28);1H3/b16-15+;. The lowest BCUT2D eigenvalue weighted by Gasteiger charge is -2.12. The van der Waals surface area contributed by atoms with Gasteiger partial charge < -0.3 is 21.4 Å². The number of nitrogens with one attached hydrogen (secondary N) is 3. The third-order valence-corrected chi connectivity index (χ3v) is 4.15. The van der Waals surface area contributed by atoms with E-state index in [0.29, 0.717) is 11.1 Å². The van der Waals surface area contributed by atoms with Crippen LogP contribution in [-0.2, 0) is 0 Å². The molecule has 31 heavy (non-hydrogen) atoms. The largest absolute Gasteiger partial charge is 0.396 e. The van der Waals surface area contributed by atoms with E-state index >= 15 is 0 Å². The molecular formula is C20H20F2N6O3. The lowest BCUT2D eigenvalue weighted by atomic mass is 10.1. The zero-order valence-corrected chi connectivity index (χ0v) is 16.9. The molecule has 0 atom stereocenters. The Kier molecular flexibility index (Phi) is 7.50. The molecule has 0 saturated carbocycles. The maximum Gasteiger partial charge on any atom is 0.276 e. The first kappa shape index (κ1) is 23.1. The van der Waals surface area contributed by atoms with Crippen molar-refractivity contribution in [2.75, 3.05) is 21.1 Å². The molecule has 9 nitrogen and oxygen atoms in total. The van der Waals surface area contributed by atoms with Gasteiger partial charge in [0.15, 0.2) is 17.3 Å². The van der Waals surface area contributed by atoms with Gasteiger partial charge in [-0.05, 0) is 12.1 Å². The van der Waals surface area contributed by atoms with E-state index in [4.69, 9.17) is 10.6 Å². The fourth-order valence-corrected chi connectivity index (χ4v) is 2.75. The molecule has 0 saturated heterocycles. The van der Waals surface area contributed by atoms with Gasteiger partial charge in [0.05, 0.1) is 29.5 Å². The van der Waals surface area contributed by atoms with Crippen LogP contribution >= 0.6 is 0 Å². The van der Waals surface area contributed by atoms with Gasteiger partial charge in [-0.2, -0.15) is 4.91 Å². The number of aromatic nitrogens is 2. The van der Waals surface area contributed by atoms with Gasteiger partial charge in [0.1, 0.15) is 0 Å². The molecule has 0 fully saturated rings. The van der Waals surface area contributed by atoms with E-state index in [1.807, 2.05) is 0 Å². The Labute approximate surface area is 175 Å². The second kappa shape index (κ2) is 10.1. The van der Waals surface area contributed by atoms with Gasteiger partial charge >= 0.3 is 0 Å². The van der Waals surface area contributed by atoms with Gasteiger partial charge in [-0.1, -0.05) is 17.3 Å². The van der Waals surface area contributed by atoms with E-state index in [9.17, 15) is 18.4 Å². The van der Waals surface area contributed by atoms with E-state index in [0.717, 1.165) is 12.1 Å². The zero-order valence-electron chi connectivity index (χ0n) is 16.9. The number of hydrogen-bond acceptors (Lipinski definition) is 7. The molecule has 0 aliphatic carbocycles. The van der Waals surface area contributed by atoms with Crippen molar-refractivity contribution in [3.05, 3.63) is 80.1 Å². The van der Waals surface area contributed by atoms with Crippen molar-refractivity contribution in [3.63, 3.8) is 0 Å². The molecule has 2 aromatic carbocycles. The fourth-order valence-electron chi connectivity index (χ4n) is 2.75. The van der Waals surface area contributed by atoms with Crippen LogP contribution in [0.15, 0.2) is 46.4 Å². The van der Waals surface area contributed by atoms with Crippen LogP contribution in [0.5, 0.6) is 0 Å². The van der Waals surface area contributed by atoms with Crippen molar-refractivity contribution in [3.8, 4) is 0 Å². The normalized spacial score (nSPS) is 11.1. The molecule has 1 heterocycles. The number of carbonyl (C=O) groups is 1. The smallest absolute Gasteiger partial charge is 0.276 e. The van der Waals surface area contributed by atoms with Crippen LogP contribution in [0.25, 0.3) is 22.4 Å². The molecular weight excluding hydrogens is 410 g/mol. The van der Waals surface area contributed by atoms with Crippen molar-refractivity contribution in [1.82, 2.24) is 20.6 Å². The van der Waals surface area contributed by atoms with Crippen molar-refractivity contribution in [2.24, 2.45) is 10.9 Å². The zero-order chi connectivity index (χ0) is 23.1. The number of nitrogens with two attached hydrogens (primary N) is 1. The number of amides is 1. The summed E-state index contributed by atoms with van der Waals surface area (Å²) in [5, 5.41) is 7.58. The van der Waals surface area contributed by atoms with E-state index < -0.39 is 17.2 Å². The molecule has 3 rings (SSSR count). The predicted molar refractivity (Wildman–Crippen MR) is 114 cm³/mol. The fraction of sp³-hybridized carbons (Fsp3) is 0.150. The average Bonchev–Trinajstić information content (AvgIpc) is 2.76. The summed E-state index contributed by atoms with van der Waals surface area (Å²) >= 11 is 0. The van der Waals surface area contributed by atoms with Crippen molar-refractivity contribution in [2.45, 2.75) is 0 Å². The summed E-state index contributed by atoms with van der Waals surface area (Å²) in [6, 6.07) is 8.25. The second-order valence-electron chi connectivity index (χ2n) is 6.08. The molecule has 1 amide bonds. The Morgan fingerprint density at radius 3 is 2.32 bits per heavy atom. The first-order chi connectivity index (χ1) is 14.8. The summed E-state index contributed by atoms with van der Waals surface area (Å²) in [4.78, 5) is 39.5. The third kappa shape index (κ3) is 5.07. The number of fused-ring (bicyclic) bond motifs is 1. The lowest BCUT2D eigenvalue weighted by molar-refractivity contribution is 0.0963. The lowest BCUT2D eigenvalue weighted by Crippen LogP contribution is -2.23. The molecule has 0 radical (unpaired) electrons. The average molecular weight is 430 g/mol. The summed E-state index contributed by atoms with van der Waals surface area (Å²) in [5.41, 5.74) is 6.83. The number of H-pyrrole nitrogens is 1. The highest BCUT2D eigenvalue weighted by Gasteiger charge is 2.16. The molecule has 0 aliphatic rings. The number of carbonyl (C=O) groups excluding carboxylic acids is 1. The van der Waals surface area contributed by atoms with Gasteiger partial charge in [-0.15, -0.1) is 0 Å². The highest BCUT2D eigenvalue weighted by atomic mass is 19.2. The first-order valence-electron chi connectivity index (χ1n) is 8.88. The third-order valence-electron chi connectivity index (χ3n) is 4.15. The highest BCUT2D eigenvalue weighted by Crippen LogP contribution is 2.20. The van der Waals surface area contributed by atoms with E-state index in [2.05, 4.69) is 25.8 Å². The molecule has 0 spiro atoms. The summed E-state index contributed by atoms with van der Waals surface area (Å²) < 4.78 is 26.9. The first-order valence-corrected chi connectivity index (χ1v) is 8.88. The molecule has 3 aromatic rings. The summed E-state index contributed by atoms with van der Waals surface area (Å²) in [7, 11) is 4.25. The van der Waals surface area contributed by atoms with Gasteiger partial charge in [-0.3, -0.25) is 9.59 Å². The Morgan fingerprint density at radius 2 is 1.71 bits per heavy atom. The van der Waals surface area contributed by atoms with E-state index in [-0.39, 0.29) is 34.0 Å². The molecule has 11 heteroatoms. The monoisotopic (exact) mass is 430 g/mol. The second-order valence-corrected chi connectivity index (χ2v) is 6.08. The maximum atomic E-state index is 13.5. The Balaban J connectivity index is 0.00000107. The number of aromatic amines is 1. The number of halogens is 2. The van der Waals surface area contributed by atoms with Crippen molar-refractivity contribution < 1.29 is 13.6 Å². The Bertz CT molecular complexity index is 1220. The number of rotatable bonds is 4. The molecule has 1 aromatic heterocycles. The quantitative estimate of drug-likeness (QED) is 0.466. The Morgan fingerprint density at radius 1 is 1.10 bits per heavy atom. The van der Waals surface area contributed by atoms with Crippen LogP contribution in [0.4, 0.5) is 8.78 Å². The summed E-state index contributed by atoms with van der Waals surface area (Å²) in [6.45, 7) is 0. The maximum absolute atomic E-state index is 13.5. The Hall–Kier alpha value is -4.15. The SMILES string of the molecule is CN=O.CNC(=O)c1cccc(/C(N)=C(\NC)c2nc3cc(F)c(F)cc3[nH]c2=O)c1. The van der Waals surface area contributed by atoms with Crippen LogP contribution in [0.1, 0.15) is 21.6 Å². The number of hydrogen-bond donors (Lipinski definition) is 4. The predicted octanol–water partition coefficient (Wildman–Crippen LogP) is 1.95. The molecule has 5 N–H and O–H groups in total. The van der Waals surface area contributed by atoms with Crippen LogP contribution in [0.3, 0.4) is 0 Å². The molecule has 0 unspecified atom stereocenters. The van der Waals surface area contributed by atoms with Gasteiger partial charge in [0.25, 0.3) is 11.5 Å². The van der Waals surface area contributed by atoms with Crippen molar-refractivity contribution in [1.29, 1.82) is 0 Å². The van der Waals surface area contributed by atoms with Crippen molar-refractivity contribution >= 4 is 28.3 Å². The molecule has 0 bridgehead atoms. The van der Waals surface area contributed by atoms with Gasteiger partial charge in [0.2, 0.25) is 0 Å². The molecule has 0 aliphatic heterocycles. The minimum atomic E-state index is -1.09. The molecule has 162 valence electrons. The van der Waals surface area contributed by atoms with Gasteiger partial charge in [-0.25, -0.2) is 13.8 Å². The number of nitrogens with zero attached hydrogens (tertiary/aromatic N) is 2. The highest BCUT2D eigenvalue weighted by molar-refractivity contribution is 5.96. The number of benzene rings is 2. The minimum Gasteiger partial charge on any atom is -0.396 e. The van der Waals surface area contributed by atoms with Crippen LogP contribution in [0, 0.1) is 16.5 Å². The minimum absolute atomic E-state index is 0.0586. The summed E-state index contributed by atoms with van der Waals surface area (Å²) in [6.07, 6.45) is 0. The van der Waals surface area contributed by atoms with Crippen LogP contribution in [-0.4, -0.2) is 37.0 Å². The van der Waals surface area contributed by atoms with Gasteiger partial charge in [0, 0.05) is 37.4 Å². The topological polar surface area (TPSA) is 142 Å². The van der Waals surface area contributed by atoms with Crippen LogP contribution in [0.2, 0.25) is 0 Å². The van der Waals surface area contributed by atoms with E-state index in [1.165, 1.54) is 14.1 Å².